The van der Waals surface area contributed by atoms with Crippen molar-refractivity contribution in [2.75, 3.05) is 50.8 Å². The lowest BCUT2D eigenvalue weighted by Crippen LogP contribution is -2.50. The maximum atomic E-state index is 11.7. The zero-order valence-electron chi connectivity index (χ0n) is 13.4. The van der Waals surface area contributed by atoms with Crippen molar-refractivity contribution in [1.82, 2.24) is 20.9 Å². The summed E-state index contributed by atoms with van der Waals surface area (Å²) in [5, 5.41) is 8.70. The molecule has 0 bridgehead atoms. The second-order valence-corrected chi connectivity index (χ2v) is 6.99. The van der Waals surface area contributed by atoms with Crippen molar-refractivity contribution in [2.45, 2.75) is 19.3 Å². The molecule has 0 spiro atoms. The third kappa shape index (κ3) is 6.78. The summed E-state index contributed by atoms with van der Waals surface area (Å²) >= 11 is 1.32. The van der Waals surface area contributed by atoms with Gasteiger partial charge < -0.3 is 20.9 Å². The number of piperazine rings is 1. The summed E-state index contributed by atoms with van der Waals surface area (Å²) in [6, 6.07) is 0. The van der Waals surface area contributed by atoms with Crippen LogP contribution in [-0.2, 0) is 14.4 Å². The Morgan fingerprint density at radius 3 is 2.61 bits per heavy atom. The van der Waals surface area contributed by atoms with Crippen LogP contribution in [0.2, 0.25) is 0 Å². The number of nitrogens with one attached hydrogen (secondary N) is 3. The molecule has 0 aromatic rings. The number of carbonyl (C=O) groups is 3. The minimum atomic E-state index is -0.0932. The number of carbonyl (C=O) groups excluding carboxylic acids is 3. The summed E-state index contributed by atoms with van der Waals surface area (Å²) < 4.78 is 0. The van der Waals surface area contributed by atoms with Crippen molar-refractivity contribution in [3.05, 3.63) is 0 Å². The van der Waals surface area contributed by atoms with Gasteiger partial charge in [-0.05, 0) is 18.8 Å². The van der Waals surface area contributed by atoms with Gasteiger partial charge in [0, 0.05) is 32.7 Å². The lowest BCUT2D eigenvalue weighted by Gasteiger charge is -2.27. The topological polar surface area (TPSA) is 90.5 Å². The van der Waals surface area contributed by atoms with Gasteiger partial charge >= 0.3 is 0 Å². The maximum Gasteiger partial charge on any atom is 0.236 e. The predicted molar refractivity (Wildman–Crippen MR) is 90.1 cm³/mol. The van der Waals surface area contributed by atoms with Crippen molar-refractivity contribution in [3.63, 3.8) is 0 Å². The molecule has 130 valence electrons. The summed E-state index contributed by atoms with van der Waals surface area (Å²) in [5.41, 5.74) is 0. The average Bonchev–Trinajstić information content (AvgIpc) is 2.47. The highest BCUT2D eigenvalue weighted by Crippen LogP contribution is 2.25. The molecule has 3 amide bonds. The molecule has 1 saturated heterocycles. The van der Waals surface area contributed by atoms with E-state index in [9.17, 15) is 14.4 Å². The first-order valence-electron chi connectivity index (χ1n) is 8.25. The summed E-state index contributed by atoms with van der Waals surface area (Å²) in [5.74, 6) is 1.22. The van der Waals surface area contributed by atoms with Crippen LogP contribution in [0, 0.1) is 5.92 Å². The number of thioether (sulfide) groups is 1. The molecule has 7 nitrogen and oxygen atoms in total. The first kappa shape index (κ1) is 18.1. The van der Waals surface area contributed by atoms with E-state index < -0.39 is 0 Å². The zero-order chi connectivity index (χ0) is 16.5. The second kappa shape index (κ2) is 9.77. The fraction of sp³-hybridized carbons (Fsp3) is 0.800. The minimum Gasteiger partial charge on any atom is -0.355 e. The summed E-state index contributed by atoms with van der Waals surface area (Å²) in [6.07, 6.45) is 3.70. The van der Waals surface area contributed by atoms with E-state index in [1.807, 2.05) is 0 Å². The molecule has 2 aliphatic rings. The molecule has 2 fully saturated rings. The van der Waals surface area contributed by atoms with Crippen LogP contribution < -0.4 is 16.0 Å². The molecule has 3 N–H and O–H groups in total. The molecule has 1 aliphatic carbocycles. The molecular weight excluding hydrogens is 316 g/mol. The zero-order valence-corrected chi connectivity index (χ0v) is 14.3. The van der Waals surface area contributed by atoms with Gasteiger partial charge in [-0.1, -0.05) is 6.42 Å². The number of hydrogen-bond acceptors (Lipinski definition) is 5. The quantitative estimate of drug-likeness (QED) is 0.510. The van der Waals surface area contributed by atoms with Crippen LogP contribution in [0.25, 0.3) is 0 Å². The first-order chi connectivity index (χ1) is 11.1. The van der Waals surface area contributed by atoms with Crippen molar-refractivity contribution in [2.24, 2.45) is 5.92 Å². The Kier molecular flexibility index (Phi) is 7.67. The van der Waals surface area contributed by atoms with Crippen LogP contribution in [0.15, 0.2) is 0 Å². The van der Waals surface area contributed by atoms with Gasteiger partial charge in [0.05, 0.1) is 18.1 Å². The third-order valence-corrected chi connectivity index (χ3v) is 5.10. The molecule has 1 saturated carbocycles. The smallest absolute Gasteiger partial charge is 0.236 e. The van der Waals surface area contributed by atoms with E-state index in [1.54, 1.807) is 4.90 Å². The van der Waals surface area contributed by atoms with E-state index in [0.717, 1.165) is 13.1 Å². The van der Waals surface area contributed by atoms with Crippen LogP contribution in [0.4, 0.5) is 0 Å². The van der Waals surface area contributed by atoms with Crippen LogP contribution >= 0.6 is 11.8 Å². The Balaban J connectivity index is 1.46. The first-order valence-corrected chi connectivity index (χ1v) is 9.40. The SMILES string of the molecule is O=C(CSCC(=O)NCC1CCC1)NCCN1CCNCC1=O. The monoisotopic (exact) mass is 342 g/mol. The minimum absolute atomic E-state index is 0.00103. The molecule has 0 aromatic heterocycles. The molecule has 2 rings (SSSR count). The summed E-state index contributed by atoms with van der Waals surface area (Å²) in [4.78, 5) is 36.6. The molecular formula is C15H26N4O3S. The van der Waals surface area contributed by atoms with Gasteiger partial charge in [-0.25, -0.2) is 0 Å². The van der Waals surface area contributed by atoms with Gasteiger partial charge in [-0.3, -0.25) is 14.4 Å². The Morgan fingerprint density at radius 1 is 1.22 bits per heavy atom. The predicted octanol–water partition coefficient (Wildman–Crippen LogP) is -0.816. The van der Waals surface area contributed by atoms with E-state index in [0.29, 0.717) is 37.8 Å². The molecule has 0 atom stereocenters. The van der Waals surface area contributed by atoms with Gasteiger partial charge in [0.25, 0.3) is 0 Å². The molecule has 0 unspecified atom stereocenters. The van der Waals surface area contributed by atoms with Crippen molar-refractivity contribution in [1.29, 1.82) is 0 Å². The number of amides is 3. The summed E-state index contributed by atoms with van der Waals surface area (Å²) in [6.45, 7) is 3.62. The van der Waals surface area contributed by atoms with Crippen molar-refractivity contribution in [3.8, 4) is 0 Å². The molecule has 8 heteroatoms. The Bertz CT molecular complexity index is 429. The van der Waals surface area contributed by atoms with Gasteiger partial charge in [-0.15, -0.1) is 11.8 Å². The van der Waals surface area contributed by atoms with Crippen LogP contribution in [0.1, 0.15) is 19.3 Å². The largest absolute Gasteiger partial charge is 0.355 e. The Labute approximate surface area is 141 Å². The van der Waals surface area contributed by atoms with Crippen molar-refractivity contribution < 1.29 is 14.4 Å². The third-order valence-electron chi connectivity index (χ3n) is 4.17. The maximum absolute atomic E-state index is 11.7. The van der Waals surface area contributed by atoms with Crippen LogP contribution in [-0.4, -0.2) is 73.4 Å². The highest BCUT2D eigenvalue weighted by Gasteiger charge is 2.18. The Morgan fingerprint density at radius 2 is 1.96 bits per heavy atom. The average molecular weight is 342 g/mol. The molecule has 0 aromatic carbocycles. The van der Waals surface area contributed by atoms with E-state index >= 15 is 0 Å². The fourth-order valence-corrected chi connectivity index (χ4v) is 3.18. The van der Waals surface area contributed by atoms with Gasteiger partial charge in [-0.2, -0.15) is 0 Å². The highest BCUT2D eigenvalue weighted by atomic mass is 32.2. The van der Waals surface area contributed by atoms with Gasteiger partial charge in [0.1, 0.15) is 0 Å². The van der Waals surface area contributed by atoms with Crippen LogP contribution in [0.3, 0.4) is 0 Å². The lowest BCUT2D eigenvalue weighted by molar-refractivity contribution is -0.132. The number of nitrogens with zero attached hydrogens (tertiary/aromatic N) is 1. The molecule has 23 heavy (non-hydrogen) atoms. The second-order valence-electron chi connectivity index (χ2n) is 6.00. The molecule has 1 aliphatic heterocycles. The normalized spacial score (nSPS) is 18.4. The standard InChI is InChI=1S/C15H26N4O3S/c20-13(17-5-7-19-6-4-16-9-15(19)22)10-23-11-14(21)18-8-12-2-1-3-12/h12,16H,1-11H2,(H,17,20)(H,18,21). The van der Waals surface area contributed by atoms with E-state index in [-0.39, 0.29) is 23.5 Å². The molecule has 0 radical (unpaired) electrons. The van der Waals surface area contributed by atoms with E-state index in [4.69, 9.17) is 0 Å². The molecule has 1 heterocycles. The summed E-state index contributed by atoms with van der Waals surface area (Å²) in [7, 11) is 0. The van der Waals surface area contributed by atoms with Crippen LogP contribution in [0.5, 0.6) is 0 Å². The van der Waals surface area contributed by atoms with E-state index in [2.05, 4.69) is 16.0 Å². The lowest BCUT2D eigenvalue weighted by atomic mass is 9.85. The van der Waals surface area contributed by atoms with E-state index in [1.165, 1.54) is 31.0 Å². The number of hydrogen-bond donors (Lipinski definition) is 3. The van der Waals surface area contributed by atoms with Gasteiger partial charge in [0.2, 0.25) is 17.7 Å². The van der Waals surface area contributed by atoms with Gasteiger partial charge in [0.15, 0.2) is 0 Å². The fourth-order valence-electron chi connectivity index (χ4n) is 2.51. The van der Waals surface area contributed by atoms with Crippen molar-refractivity contribution >= 4 is 29.5 Å². The Hall–Kier alpha value is -1.28. The highest BCUT2D eigenvalue weighted by molar-refractivity contribution is 8.00. The number of rotatable bonds is 9.